The molecule has 2 rings (SSSR count). The van der Waals surface area contributed by atoms with Gasteiger partial charge in [0.15, 0.2) is 0 Å². The van der Waals surface area contributed by atoms with Gasteiger partial charge < -0.3 is 10.6 Å². The molecule has 1 heterocycles. The second-order valence-electron chi connectivity index (χ2n) is 4.19. The maximum absolute atomic E-state index is 11.9. The summed E-state index contributed by atoms with van der Waals surface area (Å²) in [4.78, 5) is 11.9. The maximum Gasteiger partial charge on any atom is 0.241 e. The summed E-state index contributed by atoms with van der Waals surface area (Å²) in [6, 6.07) is 7.07. The Labute approximate surface area is 100 Å². The summed E-state index contributed by atoms with van der Waals surface area (Å²) in [5, 5.41) is 6.75. The molecule has 3 nitrogen and oxygen atoms in total. The number of nitrogens with one attached hydrogen (secondary N) is 2. The molecule has 0 aliphatic carbocycles. The minimum Gasteiger partial charge on any atom is -0.325 e. The van der Waals surface area contributed by atoms with E-state index in [0.29, 0.717) is 10.9 Å². The number of rotatable bonds is 2. The van der Waals surface area contributed by atoms with Gasteiger partial charge in [-0.05, 0) is 43.1 Å². The lowest BCUT2D eigenvalue weighted by atomic mass is 10.0. The summed E-state index contributed by atoms with van der Waals surface area (Å²) >= 11 is 5.77. The van der Waals surface area contributed by atoms with Gasteiger partial charge in [-0.15, -0.1) is 0 Å². The molecule has 86 valence electrons. The molecule has 0 saturated carbocycles. The molecule has 0 radical (unpaired) electrons. The summed E-state index contributed by atoms with van der Waals surface area (Å²) in [6.07, 6.45) is 1.05. The molecule has 1 aliphatic rings. The first-order valence-corrected chi connectivity index (χ1v) is 5.84. The molecule has 2 atom stereocenters. The Balaban J connectivity index is 1.99. The first kappa shape index (κ1) is 11.4. The van der Waals surface area contributed by atoms with Crippen LogP contribution in [0.1, 0.15) is 13.3 Å². The van der Waals surface area contributed by atoms with E-state index in [4.69, 9.17) is 11.6 Å². The quantitative estimate of drug-likeness (QED) is 0.830. The van der Waals surface area contributed by atoms with Gasteiger partial charge in [0.05, 0.1) is 6.04 Å². The van der Waals surface area contributed by atoms with E-state index in [2.05, 4.69) is 17.6 Å². The zero-order valence-electron chi connectivity index (χ0n) is 9.16. The Kier molecular flexibility index (Phi) is 3.46. The fourth-order valence-electron chi connectivity index (χ4n) is 1.94. The summed E-state index contributed by atoms with van der Waals surface area (Å²) < 4.78 is 0. The van der Waals surface area contributed by atoms with Crippen molar-refractivity contribution < 1.29 is 4.79 Å². The van der Waals surface area contributed by atoms with E-state index in [1.807, 2.05) is 0 Å². The standard InChI is InChI=1S/C12H15ClN2O/c1-8-6-7-14-11(8)12(16)15-10-4-2-9(13)3-5-10/h2-5,8,11,14H,6-7H2,1H3,(H,15,16). The highest BCUT2D eigenvalue weighted by atomic mass is 35.5. The highest BCUT2D eigenvalue weighted by Crippen LogP contribution is 2.18. The largest absolute Gasteiger partial charge is 0.325 e. The number of hydrogen-bond donors (Lipinski definition) is 2. The van der Waals surface area contributed by atoms with Crippen molar-refractivity contribution in [1.29, 1.82) is 0 Å². The van der Waals surface area contributed by atoms with Crippen LogP contribution in [0.25, 0.3) is 0 Å². The van der Waals surface area contributed by atoms with Gasteiger partial charge in [-0.1, -0.05) is 18.5 Å². The number of anilines is 1. The van der Waals surface area contributed by atoms with Crippen LogP contribution in [0.4, 0.5) is 5.69 Å². The van der Waals surface area contributed by atoms with Gasteiger partial charge in [-0.3, -0.25) is 4.79 Å². The van der Waals surface area contributed by atoms with Gasteiger partial charge in [0.25, 0.3) is 0 Å². The number of carbonyl (C=O) groups is 1. The second kappa shape index (κ2) is 4.85. The first-order valence-electron chi connectivity index (χ1n) is 5.46. The zero-order valence-corrected chi connectivity index (χ0v) is 9.92. The smallest absolute Gasteiger partial charge is 0.241 e. The van der Waals surface area contributed by atoms with Crippen LogP contribution < -0.4 is 10.6 Å². The SMILES string of the molecule is CC1CCNC1C(=O)Nc1ccc(Cl)cc1. The number of hydrogen-bond acceptors (Lipinski definition) is 2. The van der Waals surface area contributed by atoms with Crippen LogP contribution in [-0.4, -0.2) is 18.5 Å². The normalized spacial score (nSPS) is 24.4. The van der Waals surface area contributed by atoms with Crippen molar-refractivity contribution in [2.24, 2.45) is 5.92 Å². The van der Waals surface area contributed by atoms with Crippen LogP contribution in [0.5, 0.6) is 0 Å². The van der Waals surface area contributed by atoms with E-state index in [-0.39, 0.29) is 11.9 Å². The highest BCUT2D eigenvalue weighted by Gasteiger charge is 2.29. The lowest BCUT2D eigenvalue weighted by Gasteiger charge is -2.15. The summed E-state index contributed by atoms with van der Waals surface area (Å²) in [5.74, 6) is 0.430. The van der Waals surface area contributed by atoms with Gasteiger partial charge in [-0.25, -0.2) is 0 Å². The summed E-state index contributed by atoms with van der Waals surface area (Å²) in [5.41, 5.74) is 0.787. The molecule has 1 aromatic carbocycles. The Morgan fingerprint density at radius 2 is 2.12 bits per heavy atom. The van der Waals surface area contributed by atoms with Crippen LogP contribution in [-0.2, 0) is 4.79 Å². The van der Waals surface area contributed by atoms with Crippen molar-refractivity contribution in [2.45, 2.75) is 19.4 Å². The van der Waals surface area contributed by atoms with Gasteiger partial charge in [0.2, 0.25) is 5.91 Å². The molecule has 4 heteroatoms. The van der Waals surface area contributed by atoms with Crippen molar-refractivity contribution in [3.8, 4) is 0 Å². The molecule has 2 N–H and O–H groups in total. The fraction of sp³-hybridized carbons (Fsp3) is 0.417. The van der Waals surface area contributed by atoms with E-state index in [9.17, 15) is 4.79 Å². The Morgan fingerprint density at radius 1 is 1.44 bits per heavy atom. The van der Waals surface area contributed by atoms with E-state index in [1.54, 1.807) is 24.3 Å². The number of benzene rings is 1. The average molecular weight is 239 g/mol. The van der Waals surface area contributed by atoms with Crippen LogP contribution in [0.3, 0.4) is 0 Å². The molecule has 0 spiro atoms. The van der Waals surface area contributed by atoms with E-state index < -0.39 is 0 Å². The van der Waals surface area contributed by atoms with Crippen molar-refractivity contribution in [3.05, 3.63) is 29.3 Å². The van der Waals surface area contributed by atoms with Gasteiger partial charge in [-0.2, -0.15) is 0 Å². The molecular formula is C12H15ClN2O. The van der Waals surface area contributed by atoms with Gasteiger partial charge >= 0.3 is 0 Å². The lowest BCUT2D eigenvalue weighted by molar-refractivity contribution is -0.118. The minimum absolute atomic E-state index is 0.0346. The molecule has 16 heavy (non-hydrogen) atoms. The molecule has 0 bridgehead atoms. The zero-order chi connectivity index (χ0) is 11.5. The van der Waals surface area contributed by atoms with Crippen LogP contribution in [0, 0.1) is 5.92 Å². The van der Waals surface area contributed by atoms with Gasteiger partial charge in [0, 0.05) is 10.7 Å². The first-order chi connectivity index (χ1) is 7.66. The Morgan fingerprint density at radius 3 is 2.69 bits per heavy atom. The monoisotopic (exact) mass is 238 g/mol. The highest BCUT2D eigenvalue weighted by molar-refractivity contribution is 6.30. The number of carbonyl (C=O) groups excluding carboxylic acids is 1. The van der Waals surface area contributed by atoms with E-state index in [1.165, 1.54) is 0 Å². The minimum atomic E-state index is -0.0734. The van der Waals surface area contributed by atoms with Gasteiger partial charge in [0.1, 0.15) is 0 Å². The maximum atomic E-state index is 11.9. The van der Waals surface area contributed by atoms with Crippen LogP contribution >= 0.6 is 11.6 Å². The second-order valence-corrected chi connectivity index (χ2v) is 4.63. The number of halogens is 1. The molecular weight excluding hydrogens is 224 g/mol. The van der Waals surface area contributed by atoms with Crippen LogP contribution in [0.15, 0.2) is 24.3 Å². The molecule has 1 amide bonds. The molecule has 0 aromatic heterocycles. The van der Waals surface area contributed by atoms with Crippen molar-refractivity contribution in [3.63, 3.8) is 0 Å². The molecule has 1 aromatic rings. The third kappa shape index (κ3) is 2.54. The lowest BCUT2D eigenvalue weighted by Crippen LogP contribution is -2.39. The van der Waals surface area contributed by atoms with E-state index in [0.717, 1.165) is 18.7 Å². The average Bonchev–Trinajstić information content (AvgIpc) is 2.68. The predicted molar refractivity (Wildman–Crippen MR) is 65.7 cm³/mol. The van der Waals surface area contributed by atoms with Crippen molar-refractivity contribution >= 4 is 23.2 Å². The Hall–Kier alpha value is -1.06. The molecule has 2 unspecified atom stereocenters. The Bertz CT molecular complexity index is 377. The van der Waals surface area contributed by atoms with Crippen molar-refractivity contribution in [1.82, 2.24) is 5.32 Å². The third-order valence-electron chi connectivity index (χ3n) is 2.93. The van der Waals surface area contributed by atoms with Crippen molar-refractivity contribution in [2.75, 3.05) is 11.9 Å². The van der Waals surface area contributed by atoms with Crippen LogP contribution in [0.2, 0.25) is 5.02 Å². The third-order valence-corrected chi connectivity index (χ3v) is 3.18. The fourth-order valence-corrected chi connectivity index (χ4v) is 2.06. The molecule has 1 saturated heterocycles. The van der Waals surface area contributed by atoms with E-state index >= 15 is 0 Å². The number of amides is 1. The summed E-state index contributed by atoms with van der Waals surface area (Å²) in [7, 11) is 0. The molecule has 1 aliphatic heterocycles. The predicted octanol–water partition coefficient (Wildman–Crippen LogP) is 2.28. The summed E-state index contributed by atoms with van der Waals surface area (Å²) in [6.45, 7) is 3.01. The topological polar surface area (TPSA) is 41.1 Å². The molecule has 1 fully saturated rings.